The molecule has 1 aromatic carbocycles. The highest BCUT2D eigenvalue weighted by atomic mass is 32.2. The maximum absolute atomic E-state index is 5.46. The van der Waals surface area contributed by atoms with E-state index in [-0.39, 0.29) is 5.25 Å². The first-order valence-electron chi connectivity index (χ1n) is 6.60. The Morgan fingerprint density at radius 2 is 2.26 bits per heavy atom. The summed E-state index contributed by atoms with van der Waals surface area (Å²) >= 11 is 1.84. The van der Waals surface area contributed by atoms with Gasteiger partial charge in [0.05, 0.1) is 5.25 Å². The van der Waals surface area contributed by atoms with Crippen LogP contribution in [-0.4, -0.2) is 23.2 Å². The van der Waals surface area contributed by atoms with Crippen molar-refractivity contribution in [1.29, 1.82) is 0 Å². The van der Waals surface area contributed by atoms with Crippen LogP contribution in [0.25, 0.3) is 0 Å². The molecule has 1 atom stereocenters. The number of hydrogen-bond donors (Lipinski definition) is 1. The third kappa shape index (κ3) is 1.97. The number of aromatic nitrogens is 2. The van der Waals surface area contributed by atoms with Crippen molar-refractivity contribution in [3.63, 3.8) is 0 Å². The van der Waals surface area contributed by atoms with Gasteiger partial charge in [0.25, 0.3) is 0 Å². The fourth-order valence-electron chi connectivity index (χ4n) is 2.49. The van der Waals surface area contributed by atoms with E-state index < -0.39 is 0 Å². The molecule has 1 fully saturated rings. The number of nitrogens with one attached hydrogen (secondary N) is 1. The zero-order chi connectivity index (χ0) is 12.8. The topological polar surface area (TPSA) is 51.0 Å². The predicted molar refractivity (Wildman–Crippen MR) is 73.4 cm³/mol. The number of thioether (sulfide) groups is 1. The second-order valence-corrected chi connectivity index (χ2v) is 6.51. The van der Waals surface area contributed by atoms with E-state index in [9.17, 15) is 0 Å². The number of aryl methyl sites for hydroxylation is 1. The zero-order valence-corrected chi connectivity index (χ0v) is 11.5. The molecule has 5 heteroatoms. The number of fused-ring (bicyclic) bond motifs is 1. The van der Waals surface area contributed by atoms with E-state index in [0.29, 0.717) is 5.92 Å². The van der Waals surface area contributed by atoms with Gasteiger partial charge >= 0.3 is 0 Å². The Labute approximate surface area is 116 Å². The summed E-state index contributed by atoms with van der Waals surface area (Å²) < 4.78 is 5.46. The van der Waals surface area contributed by atoms with E-state index in [4.69, 9.17) is 4.52 Å². The van der Waals surface area contributed by atoms with E-state index >= 15 is 0 Å². The normalized spacial score (nSPS) is 22.3. The van der Waals surface area contributed by atoms with Crippen molar-refractivity contribution >= 4 is 11.8 Å². The van der Waals surface area contributed by atoms with Gasteiger partial charge in [-0.25, -0.2) is 0 Å². The monoisotopic (exact) mass is 273 g/mol. The fraction of sp³-hybridized carbons (Fsp3) is 0.429. The molecule has 2 aliphatic rings. The number of benzene rings is 1. The lowest BCUT2D eigenvalue weighted by atomic mass is 10.0. The van der Waals surface area contributed by atoms with Crippen molar-refractivity contribution in [2.24, 2.45) is 0 Å². The molecule has 2 aliphatic heterocycles. The van der Waals surface area contributed by atoms with E-state index in [1.807, 2.05) is 11.8 Å². The molecule has 0 spiro atoms. The number of rotatable bonds is 2. The molecular weight excluding hydrogens is 258 g/mol. The van der Waals surface area contributed by atoms with E-state index in [2.05, 4.69) is 40.6 Å². The average Bonchev–Trinajstić information content (AvgIpc) is 2.92. The second kappa shape index (κ2) is 4.35. The Kier molecular flexibility index (Phi) is 2.63. The molecule has 1 unspecified atom stereocenters. The van der Waals surface area contributed by atoms with Gasteiger partial charge in [0, 0.05) is 23.9 Å². The Hall–Kier alpha value is -1.33. The van der Waals surface area contributed by atoms with Crippen LogP contribution in [-0.2, 0) is 6.42 Å². The fourth-order valence-corrected chi connectivity index (χ4v) is 3.81. The van der Waals surface area contributed by atoms with Gasteiger partial charge in [-0.2, -0.15) is 4.98 Å². The summed E-state index contributed by atoms with van der Waals surface area (Å²) in [7, 11) is 0. The van der Waals surface area contributed by atoms with Gasteiger partial charge in [0.1, 0.15) is 0 Å². The third-order valence-corrected chi connectivity index (χ3v) is 5.06. The largest absolute Gasteiger partial charge is 0.338 e. The number of nitrogens with zero attached hydrogens (tertiary/aromatic N) is 2. The van der Waals surface area contributed by atoms with Gasteiger partial charge in [-0.05, 0) is 25.0 Å². The molecule has 0 amide bonds. The van der Waals surface area contributed by atoms with Gasteiger partial charge in [-0.1, -0.05) is 22.9 Å². The molecule has 0 radical (unpaired) electrons. The highest BCUT2D eigenvalue weighted by Gasteiger charge is 2.30. The van der Waals surface area contributed by atoms with Crippen LogP contribution in [0.4, 0.5) is 0 Å². The van der Waals surface area contributed by atoms with Crippen molar-refractivity contribution in [3.05, 3.63) is 41.0 Å². The maximum Gasteiger partial charge on any atom is 0.240 e. The molecule has 3 heterocycles. The highest BCUT2D eigenvalue weighted by molar-refractivity contribution is 7.99. The summed E-state index contributed by atoms with van der Waals surface area (Å²) in [6.07, 6.45) is 0.991. The lowest BCUT2D eigenvalue weighted by molar-refractivity contribution is 0.355. The summed E-state index contributed by atoms with van der Waals surface area (Å²) in [6, 6.07) is 6.62. The van der Waals surface area contributed by atoms with Crippen LogP contribution in [0, 0.1) is 6.92 Å². The molecule has 19 heavy (non-hydrogen) atoms. The lowest BCUT2D eigenvalue weighted by Crippen LogP contribution is -2.40. The van der Waals surface area contributed by atoms with Gasteiger partial charge in [-0.3, -0.25) is 0 Å². The lowest BCUT2D eigenvalue weighted by Gasteiger charge is -2.23. The third-order valence-electron chi connectivity index (χ3n) is 3.78. The van der Waals surface area contributed by atoms with E-state index in [0.717, 1.165) is 31.2 Å². The second-order valence-electron chi connectivity index (χ2n) is 5.27. The standard InChI is InChI=1S/C14H15N3OS/c1-8-2-3-9-5-12(19-11(9)4-8)14-16-13(17-18-14)10-6-15-7-10/h2-4,10,12,15H,5-7H2,1H3. The molecule has 2 aromatic rings. The Balaban J connectivity index is 1.56. The molecule has 1 saturated heterocycles. The molecule has 0 saturated carbocycles. The zero-order valence-electron chi connectivity index (χ0n) is 10.7. The molecule has 4 nitrogen and oxygen atoms in total. The molecule has 1 aromatic heterocycles. The van der Waals surface area contributed by atoms with Crippen molar-refractivity contribution < 1.29 is 4.52 Å². The summed E-state index contributed by atoms with van der Waals surface area (Å²) in [4.78, 5) is 5.94. The summed E-state index contributed by atoms with van der Waals surface area (Å²) in [6.45, 7) is 4.06. The first-order chi connectivity index (χ1) is 9.29. The van der Waals surface area contributed by atoms with Crippen molar-refractivity contribution in [3.8, 4) is 0 Å². The van der Waals surface area contributed by atoms with Crippen LogP contribution in [0.1, 0.15) is 34.0 Å². The van der Waals surface area contributed by atoms with Crippen molar-refractivity contribution in [1.82, 2.24) is 15.5 Å². The van der Waals surface area contributed by atoms with Gasteiger partial charge in [0.2, 0.25) is 5.89 Å². The maximum atomic E-state index is 5.46. The van der Waals surface area contributed by atoms with E-state index in [1.54, 1.807) is 0 Å². The van der Waals surface area contributed by atoms with Crippen LogP contribution in [0.3, 0.4) is 0 Å². The molecule has 0 aliphatic carbocycles. The minimum Gasteiger partial charge on any atom is -0.338 e. The van der Waals surface area contributed by atoms with Crippen LogP contribution in [0.5, 0.6) is 0 Å². The first kappa shape index (κ1) is 11.5. The van der Waals surface area contributed by atoms with Gasteiger partial charge in [0.15, 0.2) is 5.82 Å². The average molecular weight is 273 g/mol. The predicted octanol–water partition coefficient (Wildman–Crippen LogP) is 2.45. The highest BCUT2D eigenvalue weighted by Crippen LogP contribution is 2.46. The van der Waals surface area contributed by atoms with Gasteiger partial charge in [-0.15, -0.1) is 11.8 Å². The molecule has 0 bridgehead atoms. The van der Waals surface area contributed by atoms with Crippen LogP contribution < -0.4 is 5.32 Å². The van der Waals surface area contributed by atoms with Crippen LogP contribution in [0.15, 0.2) is 27.6 Å². The van der Waals surface area contributed by atoms with Gasteiger partial charge < -0.3 is 9.84 Å². The van der Waals surface area contributed by atoms with Crippen molar-refractivity contribution in [2.75, 3.05) is 13.1 Å². The Bertz CT molecular complexity index is 621. The number of hydrogen-bond acceptors (Lipinski definition) is 5. The summed E-state index contributed by atoms with van der Waals surface area (Å²) in [5.41, 5.74) is 2.70. The van der Waals surface area contributed by atoms with Crippen LogP contribution in [0.2, 0.25) is 0 Å². The quantitative estimate of drug-likeness (QED) is 0.911. The minimum absolute atomic E-state index is 0.283. The van der Waals surface area contributed by atoms with E-state index in [1.165, 1.54) is 16.0 Å². The SMILES string of the molecule is Cc1ccc2c(c1)SC(c1nc(C3CNC3)no1)C2. The molecule has 98 valence electrons. The smallest absolute Gasteiger partial charge is 0.240 e. The Morgan fingerprint density at radius 1 is 1.37 bits per heavy atom. The Morgan fingerprint density at radius 3 is 3.05 bits per heavy atom. The van der Waals surface area contributed by atoms with Crippen LogP contribution >= 0.6 is 11.8 Å². The summed E-state index contributed by atoms with van der Waals surface area (Å²) in [5.74, 6) is 2.08. The molecule has 4 rings (SSSR count). The molecular formula is C14H15N3OS. The molecule has 1 N–H and O–H groups in total. The summed E-state index contributed by atoms with van der Waals surface area (Å²) in [5, 5.41) is 7.64. The minimum atomic E-state index is 0.283. The first-order valence-corrected chi connectivity index (χ1v) is 7.48. The van der Waals surface area contributed by atoms with Crippen molar-refractivity contribution in [2.45, 2.75) is 29.4 Å².